The number of esters is 1. The minimum atomic E-state index is -0.524. The molecule has 2 aromatic rings. The number of hydrogen-bond acceptors (Lipinski definition) is 7. The van der Waals surface area contributed by atoms with Crippen molar-refractivity contribution in [3.63, 3.8) is 0 Å². The van der Waals surface area contributed by atoms with Gasteiger partial charge in [0, 0.05) is 12.2 Å². The van der Waals surface area contributed by atoms with Gasteiger partial charge in [-0.1, -0.05) is 0 Å². The zero-order valence-corrected chi connectivity index (χ0v) is 13.8. The van der Waals surface area contributed by atoms with Crippen LogP contribution in [-0.4, -0.2) is 42.4 Å². The third-order valence-electron chi connectivity index (χ3n) is 3.08. The maximum absolute atomic E-state index is 11.8. The summed E-state index contributed by atoms with van der Waals surface area (Å²) in [4.78, 5) is 19.9. The molecule has 0 fully saturated rings. The van der Waals surface area contributed by atoms with E-state index in [2.05, 4.69) is 9.97 Å². The monoisotopic (exact) mass is 331 g/mol. The van der Waals surface area contributed by atoms with Crippen molar-refractivity contribution in [2.75, 3.05) is 32.2 Å². The molecule has 7 heteroatoms. The van der Waals surface area contributed by atoms with Crippen LogP contribution in [0, 0.1) is 0 Å². The molecule has 0 spiro atoms. The molecule has 2 rings (SSSR count). The predicted molar refractivity (Wildman–Crippen MR) is 89.8 cm³/mol. The lowest BCUT2D eigenvalue weighted by molar-refractivity contribution is 0.0519. The minimum Gasteiger partial charge on any atom is -0.491 e. The maximum Gasteiger partial charge on any atom is 0.357 e. The van der Waals surface area contributed by atoms with Gasteiger partial charge in [-0.25, -0.2) is 14.8 Å². The second-order valence-corrected chi connectivity index (χ2v) is 4.79. The number of nitrogens with two attached hydrogens (primary N) is 1. The number of benzene rings is 1. The van der Waals surface area contributed by atoms with Crippen LogP contribution in [0.5, 0.6) is 5.75 Å². The van der Waals surface area contributed by atoms with Crippen molar-refractivity contribution in [2.45, 2.75) is 13.8 Å². The number of rotatable bonds is 8. The Balaban J connectivity index is 2.12. The average Bonchev–Trinajstić information content (AvgIpc) is 2.59. The van der Waals surface area contributed by atoms with Crippen LogP contribution < -0.4 is 10.5 Å². The van der Waals surface area contributed by atoms with E-state index in [0.717, 1.165) is 11.3 Å². The molecule has 0 amide bonds. The highest BCUT2D eigenvalue weighted by atomic mass is 16.5. The first-order valence-electron chi connectivity index (χ1n) is 7.76. The third kappa shape index (κ3) is 4.92. The fraction of sp³-hybridized carbons (Fsp3) is 0.353. The number of hydrogen-bond donors (Lipinski definition) is 1. The summed E-state index contributed by atoms with van der Waals surface area (Å²) in [7, 11) is 0. The third-order valence-corrected chi connectivity index (χ3v) is 3.08. The van der Waals surface area contributed by atoms with Crippen LogP contribution in [0.2, 0.25) is 0 Å². The largest absolute Gasteiger partial charge is 0.491 e. The molecule has 0 bridgehead atoms. The molecule has 1 heterocycles. The van der Waals surface area contributed by atoms with Crippen LogP contribution in [0.3, 0.4) is 0 Å². The van der Waals surface area contributed by atoms with Gasteiger partial charge in [-0.2, -0.15) is 0 Å². The van der Waals surface area contributed by atoms with E-state index in [0.29, 0.717) is 25.5 Å². The van der Waals surface area contributed by atoms with Crippen molar-refractivity contribution in [2.24, 2.45) is 0 Å². The molecule has 1 aromatic heterocycles. The van der Waals surface area contributed by atoms with Gasteiger partial charge in [0.2, 0.25) is 5.95 Å². The molecule has 1 aromatic carbocycles. The molecule has 0 aliphatic rings. The van der Waals surface area contributed by atoms with Gasteiger partial charge in [0.05, 0.1) is 18.9 Å². The summed E-state index contributed by atoms with van der Waals surface area (Å²) in [5.74, 6) is 0.224. The lowest BCUT2D eigenvalue weighted by Crippen LogP contribution is -2.10. The molecule has 0 aliphatic heterocycles. The SMILES string of the molecule is CCOCCOc1ccc(-c2cc(C(=O)OCC)nc(N)n2)cc1. The Kier molecular flexibility index (Phi) is 6.51. The summed E-state index contributed by atoms with van der Waals surface area (Å²) < 4.78 is 15.7. The molecule has 0 aliphatic carbocycles. The second kappa shape index (κ2) is 8.83. The summed E-state index contributed by atoms with van der Waals surface area (Å²) >= 11 is 0. The van der Waals surface area contributed by atoms with E-state index in [4.69, 9.17) is 19.9 Å². The van der Waals surface area contributed by atoms with Gasteiger partial charge in [0.15, 0.2) is 5.69 Å². The lowest BCUT2D eigenvalue weighted by Gasteiger charge is -2.08. The fourth-order valence-corrected chi connectivity index (χ4v) is 2.01. The van der Waals surface area contributed by atoms with E-state index in [9.17, 15) is 4.79 Å². The Labute approximate surface area is 140 Å². The Morgan fingerprint density at radius 2 is 1.83 bits per heavy atom. The molecule has 7 nitrogen and oxygen atoms in total. The van der Waals surface area contributed by atoms with E-state index in [-0.39, 0.29) is 18.2 Å². The standard InChI is InChI=1S/C17H21N3O4/c1-3-22-9-10-24-13-7-5-12(6-8-13)14-11-15(16(21)23-4-2)20-17(18)19-14/h5-8,11H,3-4,9-10H2,1-2H3,(H2,18,19,20). The number of aromatic nitrogens is 2. The van der Waals surface area contributed by atoms with Crippen molar-refractivity contribution >= 4 is 11.9 Å². The summed E-state index contributed by atoms with van der Waals surface area (Å²) in [6.07, 6.45) is 0. The van der Waals surface area contributed by atoms with Gasteiger partial charge >= 0.3 is 5.97 Å². The molecule has 0 unspecified atom stereocenters. The summed E-state index contributed by atoms with van der Waals surface area (Å²) in [6.45, 7) is 5.64. The van der Waals surface area contributed by atoms with Crippen molar-refractivity contribution in [3.05, 3.63) is 36.0 Å². The molecule has 0 saturated carbocycles. The number of carbonyl (C=O) groups excluding carboxylic acids is 1. The molecule has 128 valence electrons. The first-order valence-corrected chi connectivity index (χ1v) is 7.76. The van der Waals surface area contributed by atoms with E-state index < -0.39 is 5.97 Å². The number of anilines is 1. The highest BCUT2D eigenvalue weighted by molar-refractivity contribution is 5.88. The van der Waals surface area contributed by atoms with Gasteiger partial charge in [0.25, 0.3) is 0 Å². The molecule has 0 saturated heterocycles. The Morgan fingerprint density at radius 1 is 1.08 bits per heavy atom. The minimum absolute atomic E-state index is 0.0209. The normalized spacial score (nSPS) is 10.4. The molecule has 2 N–H and O–H groups in total. The highest BCUT2D eigenvalue weighted by Crippen LogP contribution is 2.22. The van der Waals surface area contributed by atoms with Crippen LogP contribution in [-0.2, 0) is 9.47 Å². The quantitative estimate of drug-likeness (QED) is 0.585. The maximum atomic E-state index is 11.8. The van der Waals surface area contributed by atoms with Gasteiger partial charge < -0.3 is 19.9 Å². The molecule has 0 atom stereocenters. The fourth-order valence-electron chi connectivity index (χ4n) is 2.01. The van der Waals surface area contributed by atoms with E-state index in [1.165, 1.54) is 0 Å². The summed E-state index contributed by atoms with van der Waals surface area (Å²) in [5.41, 5.74) is 7.17. The van der Waals surface area contributed by atoms with Gasteiger partial charge in [-0.3, -0.25) is 0 Å². The Morgan fingerprint density at radius 3 is 2.50 bits per heavy atom. The zero-order valence-electron chi connectivity index (χ0n) is 13.8. The van der Waals surface area contributed by atoms with E-state index in [1.54, 1.807) is 13.0 Å². The van der Waals surface area contributed by atoms with E-state index in [1.807, 2.05) is 31.2 Å². The summed E-state index contributed by atoms with van der Waals surface area (Å²) in [5, 5.41) is 0. The first-order chi connectivity index (χ1) is 11.6. The number of carbonyl (C=O) groups is 1. The van der Waals surface area contributed by atoms with Crippen LogP contribution in [0.15, 0.2) is 30.3 Å². The van der Waals surface area contributed by atoms with Crippen molar-refractivity contribution in [1.29, 1.82) is 0 Å². The van der Waals surface area contributed by atoms with Crippen LogP contribution in [0.4, 0.5) is 5.95 Å². The van der Waals surface area contributed by atoms with Crippen molar-refractivity contribution in [1.82, 2.24) is 9.97 Å². The highest BCUT2D eigenvalue weighted by Gasteiger charge is 2.12. The Hall–Kier alpha value is -2.67. The van der Waals surface area contributed by atoms with Gasteiger partial charge in [0.1, 0.15) is 12.4 Å². The molecular formula is C17H21N3O4. The number of nitrogen functional groups attached to an aromatic ring is 1. The smallest absolute Gasteiger partial charge is 0.357 e. The van der Waals surface area contributed by atoms with E-state index >= 15 is 0 Å². The first kappa shape index (κ1) is 17.7. The Bertz CT molecular complexity index is 674. The molecule has 24 heavy (non-hydrogen) atoms. The van der Waals surface area contributed by atoms with Crippen molar-refractivity contribution in [3.8, 4) is 17.0 Å². The van der Waals surface area contributed by atoms with Crippen LogP contribution >= 0.6 is 0 Å². The number of ether oxygens (including phenoxy) is 3. The predicted octanol–water partition coefficient (Wildman–Crippen LogP) is 2.32. The lowest BCUT2D eigenvalue weighted by atomic mass is 10.1. The van der Waals surface area contributed by atoms with Gasteiger partial charge in [-0.05, 0) is 44.2 Å². The zero-order chi connectivity index (χ0) is 17.4. The van der Waals surface area contributed by atoms with Gasteiger partial charge in [-0.15, -0.1) is 0 Å². The van der Waals surface area contributed by atoms with Crippen LogP contribution in [0.25, 0.3) is 11.3 Å². The molecular weight excluding hydrogens is 310 g/mol. The number of nitrogens with zero attached hydrogens (tertiary/aromatic N) is 2. The molecule has 0 radical (unpaired) electrons. The van der Waals surface area contributed by atoms with Crippen LogP contribution in [0.1, 0.15) is 24.3 Å². The van der Waals surface area contributed by atoms with Crippen molar-refractivity contribution < 1.29 is 19.0 Å². The summed E-state index contributed by atoms with van der Waals surface area (Å²) in [6, 6.07) is 8.88. The topological polar surface area (TPSA) is 96.6 Å². The second-order valence-electron chi connectivity index (χ2n) is 4.79. The average molecular weight is 331 g/mol.